The lowest BCUT2D eigenvalue weighted by molar-refractivity contribution is 0.0963. The van der Waals surface area contributed by atoms with Gasteiger partial charge in [-0.2, -0.15) is 0 Å². The van der Waals surface area contributed by atoms with Crippen molar-refractivity contribution in [3.05, 3.63) is 71.3 Å². The second-order valence-corrected chi connectivity index (χ2v) is 4.96. The molecule has 2 unspecified atom stereocenters. The van der Waals surface area contributed by atoms with Crippen LogP contribution in [-0.2, 0) is 4.74 Å². The van der Waals surface area contributed by atoms with Crippen molar-refractivity contribution in [2.75, 3.05) is 13.7 Å². The largest absolute Gasteiger partial charge is 0.372 e. The molecule has 2 aromatic carbocycles. The molecule has 0 bridgehead atoms. The third kappa shape index (κ3) is 2.58. The van der Waals surface area contributed by atoms with Crippen LogP contribution in [0.2, 0.25) is 0 Å². The first-order chi connectivity index (χ1) is 9.79. The third-order valence-corrected chi connectivity index (χ3v) is 3.62. The first-order valence-corrected chi connectivity index (χ1v) is 6.78. The Labute approximate surface area is 118 Å². The molecule has 3 rings (SSSR count). The van der Waals surface area contributed by atoms with E-state index in [0.29, 0.717) is 5.56 Å². The Bertz CT molecular complexity index is 605. The maximum absolute atomic E-state index is 11.8. The van der Waals surface area contributed by atoms with Gasteiger partial charge < -0.3 is 10.1 Å². The molecule has 1 N–H and O–H groups in total. The smallest absolute Gasteiger partial charge is 0.251 e. The Morgan fingerprint density at radius 3 is 2.50 bits per heavy atom. The fourth-order valence-corrected chi connectivity index (χ4v) is 2.55. The van der Waals surface area contributed by atoms with Gasteiger partial charge in [0.25, 0.3) is 5.91 Å². The van der Waals surface area contributed by atoms with Gasteiger partial charge in [0.2, 0.25) is 0 Å². The number of hydrogen-bond acceptors (Lipinski definition) is 2. The van der Waals surface area contributed by atoms with Gasteiger partial charge in [-0.3, -0.25) is 4.79 Å². The Morgan fingerprint density at radius 2 is 1.85 bits per heavy atom. The highest BCUT2D eigenvalue weighted by molar-refractivity contribution is 5.94. The second-order valence-electron chi connectivity index (χ2n) is 4.96. The molecule has 0 spiro atoms. The van der Waals surface area contributed by atoms with Crippen LogP contribution in [0.3, 0.4) is 0 Å². The van der Waals surface area contributed by atoms with Gasteiger partial charge in [0.05, 0.1) is 12.7 Å². The molecular formula is C17H17NO2. The van der Waals surface area contributed by atoms with Crippen LogP contribution in [-0.4, -0.2) is 25.7 Å². The van der Waals surface area contributed by atoms with Gasteiger partial charge in [0.1, 0.15) is 0 Å². The predicted molar refractivity (Wildman–Crippen MR) is 77.9 cm³/mol. The lowest BCUT2D eigenvalue weighted by Gasteiger charge is -2.16. The average molecular weight is 267 g/mol. The number of carbonyl (C=O) groups excluding carboxylic acids is 1. The van der Waals surface area contributed by atoms with Crippen LogP contribution in [0, 0.1) is 0 Å². The number of rotatable bonds is 4. The van der Waals surface area contributed by atoms with Crippen molar-refractivity contribution >= 4 is 5.91 Å². The predicted octanol–water partition coefficient (Wildman–Crippen LogP) is 2.58. The molecular weight excluding hydrogens is 250 g/mol. The van der Waals surface area contributed by atoms with E-state index in [2.05, 4.69) is 23.5 Å². The molecule has 3 nitrogen and oxygen atoms in total. The number of hydrogen-bond donors (Lipinski definition) is 1. The van der Waals surface area contributed by atoms with Crippen LogP contribution in [0.5, 0.6) is 0 Å². The van der Waals surface area contributed by atoms with Gasteiger partial charge in [-0.05, 0) is 23.3 Å². The Hall–Kier alpha value is -2.13. The van der Waals surface area contributed by atoms with Crippen LogP contribution in [0.4, 0.5) is 0 Å². The molecule has 1 heterocycles. The van der Waals surface area contributed by atoms with Gasteiger partial charge in [-0.1, -0.05) is 42.5 Å². The lowest BCUT2D eigenvalue weighted by atomic mass is 9.88. The summed E-state index contributed by atoms with van der Waals surface area (Å²) in [6.45, 7) is 0.782. The summed E-state index contributed by atoms with van der Waals surface area (Å²) >= 11 is 0. The van der Waals surface area contributed by atoms with Gasteiger partial charge in [0.15, 0.2) is 0 Å². The average Bonchev–Trinajstić information content (AvgIpc) is 3.33. The molecule has 0 saturated carbocycles. The van der Waals surface area contributed by atoms with E-state index in [1.807, 2.05) is 36.4 Å². The van der Waals surface area contributed by atoms with Crippen molar-refractivity contribution in [3.63, 3.8) is 0 Å². The van der Waals surface area contributed by atoms with Crippen LogP contribution >= 0.6 is 0 Å². The van der Waals surface area contributed by atoms with E-state index in [1.54, 1.807) is 7.05 Å². The zero-order chi connectivity index (χ0) is 13.9. The normalized spacial score (nSPS) is 18.4. The number of nitrogens with one attached hydrogen (secondary N) is 1. The van der Waals surface area contributed by atoms with E-state index in [4.69, 9.17) is 4.74 Å². The molecule has 1 aliphatic heterocycles. The maximum atomic E-state index is 11.8. The first-order valence-electron chi connectivity index (χ1n) is 6.78. The number of epoxide rings is 1. The minimum absolute atomic E-state index is 0.0598. The van der Waals surface area contributed by atoms with Gasteiger partial charge >= 0.3 is 0 Å². The lowest BCUT2D eigenvalue weighted by Crippen LogP contribution is -2.18. The SMILES string of the molecule is CNC(=O)c1cccc(C(c2ccccc2)C2CO2)c1. The summed E-state index contributed by atoms with van der Waals surface area (Å²) in [7, 11) is 1.65. The van der Waals surface area contributed by atoms with Crippen molar-refractivity contribution in [2.24, 2.45) is 0 Å². The fourth-order valence-electron chi connectivity index (χ4n) is 2.55. The summed E-state index contributed by atoms with van der Waals surface area (Å²) in [5, 5.41) is 2.66. The van der Waals surface area contributed by atoms with E-state index in [0.717, 1.165) is 12.2 Å². The highest BCUT2D eigenvalue weighted by atomic mass is 16.6. The molecule has 0 aromatic heterocycles. The third-order valence-electron chi connectivity index (χ3n) is 3.62. The molecule has 1 aliphatic rings. The van der Waals surface area contributed by atoms with Crippen molar-refractivity contribution < 1.29 is 9.53 Å². The van der Waals surface area contributed by atoms with Gasteiger partial charge in [-0.15, -0.1) is 0 Å². The standard InChI is InChI=1S/C17H17NO2/c1-18-17(19)14-9-5-8-13(10-14)16(15-11-20-15)12-6-3-2-4-7-12/h2-10,15-16H,11H2,1H3,(H,18,19). The highest BCUT2D eigenvalue weighted by Gasteiger charge is 2.35. The zero-order valence-electron chi connectivity index (χ0n) is 11.4. The second kappa shape index (κ2) is 5.47. The van der Waals surface area contributed by atoms with E-state index in [1.165, 1.54) is 5.56 Å². The van der Waals surface area contributed by atoms with Crippen molar-refractivity contribution in [2.45, 2.75) is 12.0 Å². The van der Waals surface area contributed by atoms with E-state index < -0.39 is 0 Å². The summed E-state index contributed by atoms with van der Waals surface area (Å²) in [6, 6.07) is 18.1. The number of carbonyl (C=O) groups is 1. The van der Waals surface area contributed by atoms with Crippen molar-refractivity contribution in [3.8, 4) is 0 Å². The van der Waals surface area contributed by atoms with E-state index >= 15 is 0 Å². The topological polar surface area (TPSA) is 41.6 Å². The first kappa shape index (κ1) is 12.9. The van der Waals surface area contributed by atoms with E-state index in [-0.39, 0.29) is 17.9 Å². The van der Waals surface area contributed by atoms with Crippen LogP contribution in [0.1, 0.15) is 27.4 Å². The quantitative estimate of drug-likeness (QED) is 0.865. The number of amides is 1. The highest BCUT2D eigenvalue weighted by Crippen LogP contribution is 2.35. The van der Waals surface area contributed by atoms with Crippen LogP contribution in [0.15, 0.2) is 54.6 Å². The Kier molecular flexibility index (Phi) is 3.52. The molecule has 3 heteroatoms. The minimum atomic E-state index is -0.0598. The van der Waals surface area contributed by atoms with Gasteiger partial charge in [-0.25, -0.2) is 0 Å². The summed E-state index contributed by atoms with van der Waals surface area (Å²) in [5.41, 5.74) is 3.04. The molecule has 1 fully saturated rings. The summed E-state index contributed by atoms with van der Waals surface area (Å²) in [6.07, 6.45) is 0.220. The molecule has 0 radical (unpaired) electrons. The summed E-state index contributed by atoms with van der Waals surface area (Å²) in [4.78, 5) is 11.8. The zero-order valence-corrected chi connectivity index (χ0v) is 11.4. The van der Waals surface area contributed by atoms with Crippen molar-refractivity contribution in [1.82, 2.24) is 5.32 Å². The molecule has 20 heavy (non-hydrogen) atoms. The molecule has 1 saturated heterocycles. The summed E-state index contributed by atoms with van der Waals surface area (Å²) in [5.74, 6) is 0.135. The van der Waals surface area contributed by atoms with Gasteiger partial charge in [0, 0.05) is 18.5 Å². The minimum Gasteiger partial charge on any atom is -0.372 e. The fraction of sp³-hybridized carbons (Fsp3) is 0.235. The Balaban J connectivity index is 1.98. The summed E-state index contributed by atoms with van der Waals surface area (Å²) < 4.78 is 5.51. The maximum Gasteiger partial charge on any atom is 0.251 e. The number of ether oxygens (including phenoxy) is 1. The molecule has 2 atom stereocenters. The van der Waals surface area contributed by atoms with E-state index in [9.17, 15) is 4.79 Å². The molecule has 1 amide bonds. The number of benzene rings is 2. The molecule has 0 aliphatic carbocycles. The van der Waals surface area contributed by atoms with Crippen LogP contribution in [0.25, 0.3) is 0 Å². The molecule has 102 valence electrons. The monoisotopic (exact) mass is 267 g/mol. The van der Waals surface area contributed by atoms with Crippen molar-refractivity contribution in [1.29, 1.82) is 0 Å². The Morgan fingerprint density at radius 1 is 1.15 bits per heavy atom. The molecule has 2 aromatic rings. The van der Waals surface area contributed by atoms with Crippen LogP contribution < -0.4 is 5.32 Å².